The van der Waals surface area contributed by atoms with Crippen molar-refractivity contribution < 1.29 is 9.53 Å². The van der Waals surface area contributed by atoms with Gasteiger partial charge in [0.25, 0.3) is 0 Å². The highest BCUT2D eigenvalue weighted by atomic mass is 32.2. The number of aryl methyl sites for hydroxylation is 2. The Morgan fingerprint density at radius 2 is 2.00 bits per heavy atom. The maximum atomic E-state index is 12.1. The zero-order chi connectivity index (χ0) is 16.9. The van der Waals surface area contributed by atoms with Crippen molar-refractivity contribution in [3.63, 3.8) is 0 Å². The number of hydrogen-bond acceptors (Lipinski definition) is 4. The lowest BCUT2D eigenvalue weighted by Crippen LogP contribution is -2.55. The highest BCUT2D eigenvalue weighted by molar-refractivity contribution is 8.00. The second kappa shape index (κ2) is 8.18. The van der Waals surface area contributed by atoms with Crippen molar-refractivity contribution >= 4 is 17.7 Å². The van der Waals surface area contributed by atoms with Gasteiger partial charge in [-0.1, -0.05) is 17.7 Å². The van der Waals surface area contributed by atoms with Gasteiger partial charge in [-0.2, -0.15) is 0 Å². The molecule has 0 aliphatic carbocycles. The SMILES string of the molecule is Cc1ccc(SCC(=O)NCC(C)(C)N2CCOCC2)c(C)c1. The third-order valence-electron chi connectivity index (χ3n) is 4.27. The molecular formula is C18H28N2O2S. The zero-order valence-electron chi connectivity index (χ0n) is 14.6. The Hall–Kier alpha value is -1.04. The summed E-state index contributed by atoms with van der Waals surface area (Å²) < 4.78 is 5.40. The van der Waals surface area contributed by atoms with Crippen LogP contribution >= 0.6 is 11.8 Å². The van der Waals surface area contributed by atoms with Crippen molar-refractivity contribution in [2.45, 2.75) is 38.1 Å². The molecule has 128 valence electrons. The highest BCUT2D eigenvalue weighted by Gasteiger charge is 2.28. The molecule has 23 heavy (non-hydrogen) atoms. The molecule has 1 N–H and O–H groups in total. The maximum Gasteiger partial charge on any atom is 0.230 e. The molecule has 4 nitrogen and oxygen atoms in total. The van der Waals surface area contributed by atoms with Crippen LogP contribution < -0.4 is 5.32 Å². The van der Waals surface area contributed by atoms with E-state index in [4.69, 9.17) is 4.74 Å². The van der Waals surface area contributed by atoms with Gasteiger partial charge in [-0.15, -0.1) is 11.8 Å². The van der Waals surface area contributed by atoms with E-state index in [-0.39, 0.29) is 11.4 Å². The largest absolute Gasteiger partial charge is 0.379 e. The van der Waals surface area contributed by atoms with Gasteiger partial charge in [-0.05, 0) is 39.3 Å². The summed E-state index contributed by atoms with van der Waals surface area (Å²) in [6.45, 7) is 12.6. The minimum Gasteiger partial charge on any atom is -0.379 e. The first-order valence-corrected chi connectivity index (χ1v) is 9.16. The van der Waals surface area contributed by atoms with Crippen molar-refractivity contribution in [2.24, 2.45) is 0 Å². The topological polar surface area (TPSA) is 41.6 Å². The van der Waals surface area contributed by atoms with Gasteiger partial charge in [0.1, 0.15) is 0 Å². The lowest BCUT2D eigenvalue weighted by molar-refractivity contribution is -0.119. The summed E-state index contributed by atoms with van der Waals surface area (Å²) in [7, 11) is 0. The molecule has 0 bridgehead atoms. The molecule has 2 rings (SSSR count). The molecule has 1 fully saturated rings. The second-order valence-electron chi connectivity index (χ2n) is 6.75. The molecule has 1 aliphatic rings. The maximum absolute atomic E-state index is 12.1. The number of nitrogens with one attached hydrogen (secondary N) is 1. The summed E-state index contributed by atoms with van der Waals surface area (Å²) in [5, 5.41) is 3.08. The smallest absolute Gasteiger partial charge is 0.230 e. The van der Waals surface area contributed by atoms with E-state index < -0.39 is 0 Å². The van der Waals surface area contributed by atoms with Gasteiger partial charge >= 0.3 is 0 Å². The number of hydrogen-bond donors (Lipinski definition) is 1. The summed E-state index contributed by atoms with van der Waals surface area (Å²) in [4.78, 5) is 15.7. The Kier molecular flexibility index (Phi) is 6.50. The Morgan fingerprint density at radius 1 is 1.30 bits per heavy atom. The average molecular weight is 337 g/mol. The van der Waals surface area contributed by atoms with Gasteiger partial charge in [0.2, 0.25) is 5.91 Å². The molecule has 1 aliphatic heterocycles. The Bertz CT molecular complexity index is 540. The molecule has 5 heteroatoms. The number of carbonyl (C=O) groups excluding carboxylic acids is 1. The molecule has 0 spiro atoms. The van der Waals surface area contributed by atoms with E-state index in [1.54, 1.807) is 11.8 Å². The quantitative estimate of drug-likeness (QED) is 0.811. The molecule has 1 aromatic carbocycles. The fourth-order valence-electron chi connectivity index (χ4n) is 2.75. The van der Waals surface area contributed by atoms with Crippen LogP contribution in [-0.2, 0) is 9.53 Å². The number of ether oxygens (including phenoxy) is 1. The fourth-order valence-corrected chi connectivity index (χ4v) is 3.59. The number of nitrogens with zero attached hydrogens (tertiary/aromatic N) is 1. The number of rotatable bonds is 6. The minimum absolute atomic E-state index is 0.0378. The molecule has 0 aromatic heterocycles. The lowest BCUT2D eigenvalue weighted by Gasteiger charge is -2.40. The van der Waals surface area contributed by atoms with Crippen LogP contribution in [-0.4, -0.2) is 54.9 Å². The van der Waals surface area contributed by atoms with E-state index in [1.807, 2.05) is 0 Å². The fraction of sp³-hybridized carbons (Fsp3) is 0.611. The molecular weight excluding hydrogens is 308 g/mol. The van der Waals surface area contributed by atoms with Gasteiger partial charge in [-0.3, -0.25) is 9.69 Å². The van der Waals surface area contributed by atoms with Crippen LogP contribution in [0.3, 0.4) is 0 Å². The normalized spacial score (nSPS) is 16.3. The number of benzene rings is 1. The molecule has 0 saturated carbocycles. The molecule has 0 atom stereocenters. The van der Waals surface area contributed by atoms with Crippen LogP contribution in [0.4, 0.5) is 0 Å². The lowest BCUT2D eigenvalue weighted by atomic mass is 10.0. The number of amides is 1. The highest BCUT2D eigenvalue weighted by Crippen LogP contribution is 2.23. The first-order chi connectivity index (χ1) is 10.9. The molecule has 0 unspecified atom stereocenters. The number of carbonyl (C=O) groups is 1. The Morgan fingerprint density at radius 3 is 2.65 bits per heavy atom. The third-order valence-corrected chi connectivity index (χ3v) is 5.45. The molecule has 0 radical (unpaired) electrons. The summed E-state index contributed by atoms with van der Waals surface area (Å²) in [5.74, 6) is 0.555. The van der Waals surface area contributed by atoms with Crippen LogP contribution in [0.1, 0.15) is 25.0 Å². The van der Waals surface area contributed by atoms with E-state index in [1.165, 1.54) is 16.0 Å². The van der Waals surface area contributed by atoms with Crippen LogP contribution in [0.5, 0.6) is 0 Å². The zero-order valence-corrected chi connectivity index (χ0v) is 15.5. The molecule has 1 heterocycles. The van der Waals surface area contributed by atoms with Crippen molar-refractivity contribution in [2.75, 3.05) is 38.6 Å². The number of thioether (sulfide) groups is 1. The van der Waals surface area contributed by atoms with E-state index in [0.717, 1.165) is 26.3 Å². The molecule has 1 saturated heterocycles. The van der Waals surface area contributed by atoms with E-state index >= 15 is 0 Å². The Labute approximate surface area is 144 Å². The van der Waals surface area contributed by atoms with Gasteiger partial charge in [0, 0.05) is 30.1 Å². The van der Waals surface area contributed by atoms with E-state index in [0.29, 0.717) is 12.3 Å². The monoisotopic (exact) mass is 336 g/mol. The van der Waals surface area contributed by atoms with Crippen molar-refractivity contribution in [1.82, 2.24) is 10.2 Å². The summed E-state index contributed by atoms with van der Waals surface area (Å²) in [6.07, 6.45) is 0. The minimum atomic E-state index is -0.0378. The van der Waals surface area contributed by atoms with Crippen LogP contribution in [0.25, 0.3) is 0 Å². The van der Waals surface area contributed by atoms with Gasteiger partial charge in [0.05, 0.1) is 19.0 Å². The standard InChI is InChI=1S/C18H28N2O2S/c1-14-5-6-16(15(2)11-14)23-12-17(21)19-13-18(3,4)20-7-9-22-10-8-20/h5-6,11H,7-10,12-13H2,1-4H3,(H,19,21). The third kappa shape index (κ3) is 5.52. The van der Waals surface area contributed by atoms with E-state index in [9.17, 15) is 4.79 Å². The van der Waals surface area contributed by atoms with Crippen LogP contribution in [0.2, 0.25) is 0 Å². The molecule has 1 aromatic rings. The number of morpholine rings is 1. The van der Waals surface area contributed by atoms with Gasteiger partial charge < -0.3 is 10.1 Å². The Balaban J connectivity index is 1.78. The summed E-state index contributed by atoms with van der Waals surface area (Å²) in [5.41, 5.74) is 2.45. The van der Waals surface area contributed by atoms with E-state index in [2.05, 4.69) is 56.1 Å². The van der Waals surface area contributed by atoms with Crippen molar-refractivity contribution in [3.05, 3.63) is 29.3 Å². The van der Waals surface area contributed by atoms with Crippen molar-refractivity contribution in [1.29, 1.82) is 0 Å². The summed E-state index contributed by atoms with van der Waals surface area (Å²) >= 11 is 1.60. The van der Waals surface area contributed by atoms with Gasteiger partial charge in [0.15, 0.2) is 0 Å². The first-order valence-electron chi connectivity index (χ1n) is 8.18. The van der Waals surface area contributed by atoms with Crippen LogP contribution in [0, 0.1) is 13.8 Å². The molecule has 1 amide bonds. The predicted molar refractivity (Wildman–Crippen MR) is 96.1 cm³/mol. The van der Waals surface area contributed by atoms with Gasteiger partial charge in [-0.25, -0.2) is 0 Å². The second-order valence-corrected chi connectivity index (χ2v) is 7.76. The average Bonchev–Trinajstić information content (AvgIpc) is 2.53. The first kappa shape index (κ1) is 18.3. The van der Waals surface area contributed by atoms with Crippen molar-refractivity contribution in [3.8, 4) is 0 Å². The summed E-state index contributed by atoms with van der Waals surface area (Å²) in [6, 6.07) is 6.34. The predicted octanol–water partition coefficient (Wildman–Crippen LogP) is 2.62. The van der Waals surface area contributed by atoms with Crippen LogP contribution in [0.15, 0.2) is 23.1 Å².